The van der Waals surface area contributed by atoms with Crippen LogP contribution in [0.15, 0.2) is 6.33 Å². The van der Waals surface area contributed by atoms with Crippen LogP contribution in [0.5, 0.6) is 5.88 Å². The van der Waals surface area contributed by atoms with Crippen molar-refractivity contribution in [1.82, 2.24) is 9.97 Å². The molecule has 1 spiro atoms. The molecular formula is C14H22N4O3. The number of aromatic nitrogens is 2. The van der Waals surface area contributed by atoms with Gasteiger partial charge in [-0.05, 0) is 12.8 Å². The van der Waals surface area contributed by atoms with Crippen molar-refractivity contribution in [3.05, 3.63) is 6.33 Å². The first-order valence-corrected chi connectivity index (χ1v) is 7.50. The van der Waals surface area contributed by atoms with E-state index in [2.05, 4.69) is 14.9 Å². The summed E-state index contributed by atoms with van der Waals surface area (Å²) in [4.78, 5) is 10.5. The number of nitrogens with zero attached hydrogens (tertiary/aromatic N) is 3. The summed E-state index contributed by atoms with van der Waals surface area (Å²) in [5, 5.41) is 0. The molecule has 1 aromatic heterocycles. The van der Waals surface area contributed by atoms with Gasteiger partial charge >= 0.3 is 0 Å². The molecule has 1 aromatic rings. The predicted molar refractivity (Wildman–Crippen MR) is 78.3 cm³/mol. The summed E-state index contributed by atoms with van der Waals surface area (Å²) in [6.45, 7) is 5.46. The van der Waals surface area contributed by atoms with E-state index in [0.29, 0.717) is 43.8 Å². The third-order valence-corrected chi connectivity index (χ3v) is 3.80. The van der Waals surface area contributed by atoms with Crippen LogP contribution in [0.25, 0.3) is 0 Å². The first-order chi connectivity index (χ1) is 10.2. The lowest BCUT2D eigenvalue weighted by Gasteiger charge is -2.39. The van der Waals surface area contributed by atoms with Gasteiger partial charge in [-0.3, -0.25) is 0 Å². The van der Waals surface area contributed by atoms with Crippen molar-refractivity contribution < 1.29 is 14.2 Å². The van der Waals surface area contributed by atoms with Gasteiger partial charge in [-0.2, -0.15) is 4.98 Å². The molecule has 0 aliphatic carbocycles. The van der Waals surface area contributed by atoms with Crippen LogP contribution in [0.4, 0.5) is 11.5 Å². The third kappa shape index (κ3) is 2.89. The van der Waals surface area contributed by atoms with Crippen molar-refractivity contribution in [2.24, 2.45) is 0 Å². The van der Waals surface area contributed by atoms with Crippen LogP contribution in [-0.2, 0) is 9.47 Å². The number of ether oxygens (including phenoxy) is 3. The Morgan fingerprint density at radius 2 is 2.19 bits per heavy atom. The number of nitrogen functional groups attached to an aromatic ring is 1. The lowest BCUT2D eigenvalue weighted by atomic mass is 10.0. The predicted octanol–water partition coefficient (Wildman–Crippen LogP) is 1.19. The Morgan fingerprint density at radius 3 is 2.95 bits per heavy atom. The molecule has 7 heteroatoms. The normalized spacial score (nSPS) is 20.9. The van der Waals surface area contributed by atoms with E-state index in [4.69, 9.17) is 19.9 Å². The Bertz CT molecular complexity index is 491. The molecule has 0 bridgehead atoms. The molecule has 0 atom stereocenters. The largest absolute Gasteiger partial charge is 0.476 e. The molecule has 0 aromatic carbocycles. The van der Waals surface area contributed by atoms with Crippen LogP contribution in [0, 0.1) is 0 Å². The van der Waals surface area contributed by atoms with Gasteiger partial charge in [-0.15, -0.1) is 0 Å². The van der Waals surface area contributed by atoms with Gasteiger partial charge in [0, 0.05) is 13.0 Å². The molecule has 0 radical (unpaired) electrons. The lowest BCUT2D eigenvalue weighted by Crippen LogP contribution is -2.49. The number of hydrogen-bond donors (Lipinski definition) is 1. The highest BCUT2D eigenvalue weighted by molar-refractivity contribution is 5.68. The van der Waals surface area contributed by atoms with Crippen molar-refractivity contribution in [2.75, 3.05) is 43.5 Å². The van der Waals surface area contributed by atoms with Crippen LogP contribution in [-0.4, -0.2) is 48.7 Å². The van der Waals surface area contributed by atoms with Crippen LogP contribution < -0.4 is 15.4 Å². The van der Waals surface area contributed by atoms with Gasteiger partial charge in [0.1, 0.15) is 12.0 Å². The fourth-order valence-corrected chi connectivity index (χ4v) is 2.84. The lowest BCUT2D eigenvalue weighted by molar-refractivity contribution is -0.161. The zero-order chi connectivity index (χ0) is 14.7. The van der Waals surface area contributed by atoms with Gasteiger partial charge in [-0.25, -0.2) is 4.98 Å². The van der Waals surface area contributed by atoms with Crippen molar-refractivity contribution in [3.63, 3.8) is 0 Å². The first kappa shape index (κ1) is 14.3. The molecule has 0 saturated carbocycles. The minimum Gasteiger partial charge on any atom is -0.476 e. The summed E-state index contributed by atoms with van der Waals surface area (Å²) in [5.74, 6) is 0.657. The number of anilines is 2. The maximum atomic E-state index is 6.17. The Labute approximate surface area is 124 Å². The molecule has 3 heterocycles. The van der Waals surface area contributed by atoms with Gasteiger partial charge in [0.25, 0.3) is 0 Å². The average Bonchev–Trinajstić information content (AvgIpc) is 2.94. The molecule has 0 amide bonds. The second kappa shape index (κ2) is 6.03. The van der Waals surface area contributed by atoms with Gasteiger partial charge in [0.05, 0.1) is 26.4 Å². The molecule has 3 rings (SSSR count). The van der Waals surface area contributed by atoms with Crippen molar-refractivity contribution >= 4 is 11.5 Å². The van der Waals surface area contributed by atoms with Crippen LogP contribution in [0.1, 0.15) is 26.2 Å². The van der Waals surface area contributed by atoms with Gasteiger partial charge in [-0.1, -0.05) is 6.92 Å². The molecular weight excluding hydrogens is 272 g/mol. The quantitative estimate of drug-likeness (QED) is 0.893. The van der Waals surface area contributed by atoms with Crippen LogP contribution in [0.2, 0.25) is 0 Å². The zero-order valence-electron chi connectivity index (χ0n) is 12.4. The summed E-state index contributed by atoms with van der Waals surface area (Å²) < 4.78 is 17.1. The highest BCUT2D eigenvalue weighted by atomic mass is 16.7. The fourth-order valence-electron chi connectivity index (χ4n) is 2.84. The summed E-state index contributed by atoms with van der Waals surface area (Å²) >= 11 is 0. The second-order valence-corrected chi connectivity index (χ2v) is 5.40. The molecule has 116 valence electrons. The molecule has 2 aliphatic heterocycles. The van der Waals surface area contributed by atoms with E-state index in [0.717, 1.165) is 25.8 Å². The topological polar surface area (TPSA) is 82.7 Å². The Kier molecular flexibility index (Phi) is 4.12. The highest BCUT2D eigenvalue weighted by Gasteiger charge is 2.41. The van der Waals surface area contributed by atoms with Gasteiger partial charge < -0.3 is 24.8 Å². The van der Waals surface area contributed by atoms with E-state index in [9.17, 15) is 0 Å². The number of nitrogens with two attached hydrogens (primary N) is 1. The summed E-state index contributed by atoms with van der Waals surface area (Å²) in [5.41, 5.74) is 6.66. The summed E-state index contributed by atoms with van der Waals surface area (Å²) in [6, 6.07) is 0. The summed E-state index contributed by atoms with van der Waals surface area (Å²) in [6.07, 6.45) is 4.30. The van der Waals surface area contributed by atoms with E-state index in [1.807, 2.05) is 6.92 Å². The van der Waals surface area contributed by atoms with Gasteiger partial charge in [0.2, 0.25) is 5.88 Å². The monoisotopic (exact) mass is 294 g/mol. The van der Waals surface area contributed by atoms with E-state index in [1.54, 1.807) is 0 Å². The molecule has 0 unspecified atom stereocenters. The molecule has 2 saturated heterocycles. The smallest absolute Gasteiger partial charge is 0.242 e. The Morgan fingerprint density at radius 1 is 1.38 bits per heavy atom. The van der Waals surface area contributed by atoms with Crippen molar-refractivity contribution in [3.8, 4) is 5.88 Å². The SMILES string of the molecule is CCCOc1ncnc(N2CCCC3(C2)OCCO3)c1N. The van der Waals surface area contributed by atoms with Gasteiger partial charge in [0.15, 0.2) is 11.6 Å². The van der Waals surface area contributed by atoms with E-state index in [1.165, 1.54) is 6.33 Å². The van der Waals surface area contributed by atoms with E-state index >= 15 is 0 Å². The number of rotatable bonds is 4. The zero-order valence-corrected chi connectivity index (χ0v) is 12.4. The maximum Gasteiger partial charge on any atom is 0.242 e. The number of hydrogen-bond acceptors (Lipinski definition) is 7. The average molecular weight is 294 g/mol. The molecule has 2 N–H and O–H groups in total. The molecule has 7 nitrogen and oxygen atoms in total. The van der Waals surface area contributed by atoms with E-state index in [-0.39, 0.29) is 0 Å². The molecule has 2 fully saturated rings. The van der Waals surface area contributed by atoms with Crippen molar-refractivity contribution in [2.45, 2.75) is 32.0 Å². The van der Waals surface area contributed by atoms with Crippen molar-refractivity contribution in [1.29, 1.82) is 0 Å². The van der Waals surface area contributed by atoms with Crippen LogP contribution in [0.3, 0.4) is 0 Å². The standard InChI is InChI=1S/C14H22N4O3/c1-2-6-19-13-11(15)12(16-10-17-13)18-5-3-4-14(9-18)20-7-8-21-14/h10H,2-9,15H2,1H3. The van der Waals surface area contributed by atoms with Crippen LogP contribution >= 0.6 is 0 Å². The third-order valence-electron chi connectivity index (χ3n) is 3.80. The number of piperidine rings is 1. The Balaban J connectivity index is 1.79. The van der Waals surface area contributed by atoms with E-state index < -0.39 is 5.79 Å². The molecule has 2 aliphatic rings. The summed E-state index contributed by atoms with van der Waals surface area (Å²) in [7, 11) is 0. The molecule has 21 heavy (non-hydrogen) atoms. The maximum absolute atomic E-state index is 6.17. The fraction of sp³-hybridized carbons (Fsp3) is 0.714. The minimum atomic E-state index is -0.500. The minimum absolute atomic E-state index is 0.453. The second-order valence-electron chi connectivity index (χ2n) is 5.40. The highest BCUT2D eigenvalue weighted by Crippen LogP contribution is 2.35. The first-order valence-electron chi connectivity index (χ1n) is 7.50. The Hall–Kier alpha value is -1.60.